The van der Waals surface area contributed by atoms with Crippen molar-refractivity contribution in [3.05, 3.63) is 34.8 Å². The van der Waals surface area contributed by atoms with Crippen LogP contribution in [0.15, 0.2) is 29.2 Å². The smallest absolute Gasteiger partial charge is 0.160 e. The summed E-state index contributed by atoms with van der Waals surface area (Å²) in [6.45, 7) is 0.833. The third kappa shape index (κ3) is 2.91. The maximum absolute atomic E-state index is 5.25. The van der Waals surface area contributed by atoms with Gasteiger partial charge < -0.3 is 10.7 Å². The fourth-order valence-corrected chi connectivity index (χ4v) is 1.99. The Balaban J connectivity index is 1.85. The van der Waals surface area contributed by atoms with Crippen LogP contribution in [0.5, 0.6) is 0 Å². The van der Waals surface area contributed by atoms with Crippen molar-refractivity contribution in [3.8, 4) is 0 Å². The van der Waals surface area contributed by atoms with Gasteiger partial charge >= 0.3 is 0 Å². The van der Waals surface area contributed by atoms with Crippen molar-refractivity contribution >= 4 is 23.0 Å². The molecular formula is C10H13N5S. The highest BCUT2D eigenvalue weighted by Crippen LogP contribution is 2.08. The van der Waals surface area contributed by atoms with Gasteiger partial charge in [-0.15, -0.1) is 0 Å². The Morgan fingerprint density at radius 3 is 2.94 bits per heavy atom. The second kappa shape index (κ2) is 5.43. The zero-order chi connectivity index (χ0) is 11.2. The first-order valence-electron chi connectivity index (χ1n) is 4.92. The average molecular weight is 235 g/mol. The molecule has 4 N–H and O–H groups in total. The molecule has 0 aliphatic rings. The molecule has 5 nitrogen and oxygen atoms in total. The lowest BCUT2D eigenvalue weighted by atomic mass is 10.2. The Morgan fingerprint density at radius 2 is 2.19 bits per heavy atom. The average Bonchev–Trinajstić information content (AvgIpc) is 2.82. The lowest BCUT2D eigenvalue weighted by Gasteiger charge is -2.05. The van der Waals surface area contributed by atoms with Crippen LogP contribution in [0.25, 0.3) is 0 Å². The first kappa shape index (κ1) is 10.8. The molecule has 2 heterocycles. The Kier molecular flexibility index (Phi) is 3.68. The molecule has 16 heavy (non-hydrogen) atoms. The van der Waals surface area contributed by atoms with E-state index in [0.29, 0.717) is 5.82 Å². The first-order chi connectivity index (χ1) is 7.88. The molecule has 0 atom stereocenters. The molecule has 2 aromatic rings. The molecular weight excluding hydrogens is 222 g/mol. The topological polar surface area (TPSA) is 75.9 Å². The van der Waals surface area contributed by atoms with Crippen molar-refractivity contribution in [2.45, 2.75) is 6.42 Å². The van der Waals surface area contributed by atoms with Gasteiger partial charge in [0.05, 0.1) is 12.4 Å². The van der Waals surface area contributed by atoms with Gasteiger partial charge in [-0.2, -0.15) is 11.3 Å². The molecule has 0 aliphatic carbocycles. The van der Waals surface area contributed by atoms with Gasteiger partial charge in [-0.1, -0.05) is 0 Å². The first-order valence-corrected chi connectivity index (χ1v) is 5.86. The van der Waals surface area contributed by atoms with E-state index < -0.39 is 0 Å². The van der Waals surface area contributed by atoms with Crippen molar-refractivity contribution in [1.29, 1.82) is 0 Å². The number of aromatic nitrogens is 2. The van der Waals surface area contributed by atoms with E-state index in [1.807, 2.05) is 0 Å². The maximum atomic E-state index is 5.25. The highest BCUT2D eigenvalue weighted by atomic mass is 32.1. The number of nitrogens with two attached hydrogens (primary N) is 1. The number of nitrogens with one attached hydrogen (secondary N) is 2. The fraction of sp³-hybridized carbons (Fsp3) is 0.200. The maximum Gasteiger partial charge on any atom is 0.160 e. The van der Waals surface area contributed by atoms with Crippen LogP contribution < -0.4 is 16.6 Å². The molecule has 0 amide bonds. The van der Waals surface area contributed by atoms with Gasteiger partial charge in [0.15, 0.2) is 5.82 Å². The van der Waals surface area contributed by atoms with Crippen molar-refractivity contribution < 1.29 is 0 Å². The van der Waals surface area contributed by atoms with E-state index in [-0.39, 0.29) is 0 Å². The van der Waals surface area contributed by atoms with Gasteiger partial charge in [-0.25, -0.2) is 10.8 Å². The number of hydrogen-bond donors (Lipinski definition) is 3. The van der Waals surface area contributed by atoms with Gasteiger partial charge in [-0.05, 0) is 28.8 Å². The highest BCUT2D eigenvalue weighted by Gasteiger charge is 1.97. The number of hydrogen-bond acceptors (Lipinski definition) is 6. The van der Waals surface area contributed by atoms with Crippen LogP contribution in [0.1, 0.15) is 5.56 Å². The minimum absolute atomic E-state index is 0.556. The molecule has 0 unspecified atom stereocenters. The van der Waals surface area contributed by atoms with E-state index in [0.717, 1.165) is 18.8 Å². The largest absolute Gasteiger partial charge is 0.368 e. The molecule has 0 radical (unpaired) electrons. The van der Waals surface area contributed by atoms with Crippen LogP contribution in [0.4, 0.5) is 11.6 Å². The predicted molar refractivity (Wildman–Crippen MR) is 66.4 cm³/mol. The molecule has 0 bridgehead atoms. The minimum Gasteiger partial charge on any atom is -0.368 e. The Bertz CT molecular complexity index is 429. The van der Waals surface area contributed by atoms with Crippen LogP contribution in [-0.4, -0.2) is 16.5 Å². The van der Waals surface area contributed by atoms with Crippen LogP contribution >= 0.6 is 11.3 Å². The third-order valence-electron chi connectivity index (χ3n) is 2.08. The second-order valence-electron chi connectivity index (χ2n) is 3.24. The van der Waals surface area contributed by atoms with Crippen LogP contribution in [0.3, 0.4) is 0 Å². The van der Waals surface area contributed by atoms with E-state index in [1.165, 1.54) is 5.56 Å². The molecule has 0 saturated heterocycles. The Labute approximate surface area is 97.7 Å². The number of nitrogens with zero attached hydrogens (tertiary/aromatic N) is 2. The quantitative estimate of drug-likeness (QED) is 0.540. The van der Waals surface area contributed by atoms with Gasteiger partial charge in [0, 0.05) is 6.54 Å². The second-order valence-corrected chi connectivity index (χ2v) is 4.02. The summed E-state index contributed by atoms with van der Waals surface area (Å²) in [5, 5.41) is 7.41. The predicted octanol–water partition coefficient (Wildman–Crippen LogP) is 1.48. The summed E-state index contributed by atoms with van der Waals surface area (Å²) in [5.41, 5.74) is 3.79. The zero-order valence-electron chi connectivity index (χ0n) is 8.68. The summed E-state index contributed by atoms with van der Waals surface area (Å²) >= 11 is 1.71. The highest BCUT2D eigenvalue weighted by molar-refractivity contribution is 7.07. The monoisotopic (exact) mass is 235 g/mol. The summed E-state index contributed by atoms with van der Waals surface area (Å²) in [6.07, 6.45) is 4.23. The molecule has 84 valence electrons. The summed E-state index contributed by atoms with van der Waals surface area (Å²) < 4.78 is 0. The standard InChI is InChI=1S/C10H13N5S/c11-15-10-6-12-5-9(14-10)13-3-1-8-2-4-16-7-8/h2,4-7H,1,3,11H2,(H2,13,14,15). The van der Waals surface area contributed by atoms with Crippen molar-refractivity contribution in [2.24, 2.45) is 5.84 Å². The molecule has 6 heteroatoms. The molecule has 0 fully saturated rings. The molecule has 0 aromatic carbocycles. The van der Waals surface area contributed by atoms with Crippen molar-refractivity contribution in [3.63, 3.8) is 0 Å². The minimum atomic E-state index is 0.556. The number of anilines is 2. The molecule has 0 spiro atoms. The molecule has 2 aromatic heterocycles. The molecule has 2 rings (SSSR count). The van der Waals surface area contributed by atoms with Gasteiger partial charge in [0.25, 0.3) is 0 Å². The van der Waals surface area contributed by atoms with E-state index >= 15 is 0 Å². The lowest BCUT2D eigenvalue weighted by Crippen LogP contribution is -2.11. The van der Waals surface area contributed by atoms with Gasteiger partial charge in [0.1, 0.15) is 5.82 Å². The Hall–Kier alpha value is -1.66. The number of rotatable bonds is 5. The van der Waals surface area contributed by atoms with Gasteiger partial charge in [0.2, 0.25) is 0 Å². The normalized spacial score (nSPS) is 10.1. The van der Waals surface area contributed by atoms with Crippen LogP contribution in [0, 0.1) is 0 Å². The van der Waals surface area contributed by atoms with Gasteiger partial charge in [-0.3, -0.25) is 4.98 Å². The summed E-state index contributed by atoms with van der Waals surface area (Å²) in [6, 6.07) is 2.12. The number of hydrazine groups is 1. The van der Waals surface area contributed by atoms with Crippen molar-refractivity contribution in [1.82, 2.24) is 9.97 Å². The van der Waals surface area contributed by atoms with E-state index in [2.05, 4.69) is 37.5 Å². The summed E-state index contributed by atoms with van der Waals surface area (Å²) in [7, 11) is 0. The van der Waals surface area contributed by atoms with E-state index in [1.54, 1.807) is 23.7 Å². The number of nitrogen functional groups attached to an aromatic ring is 1. The van der Waals surface area contributed by atoms with E-state index in [9.17, 15) is 0 Å². The summed E-state index contributed by atoms with van der Waals surface area (Å²) in [5.74, 6) is 6.53. The van der Waals surface area contributed by atoms with E-state index in [4.69, 9.17) is 5.84 Å². The number of thiophene rings is 1. The van der Waals surface area contributed by atoms with Crippen molar-refractivity contribution in [2.75, 3.05) is 17.3 Å². The zero-order valence-corrected chi connectivity index (χ0v) is 9.50. The van der Waals surface area contributed by atoms with Crippen LogP contribution in [-0.2, 0) is 6.42 Å². The SMILES string of the molecule is NNc1cncc(NCCc2ccsc2)n1. The lowest BCUT2D eigenvalue weighted by molar-refractivity contribution is 1.00. The fourth-order valence-electron chi connectivity index (χ4n) is 1.29. The Morgan fingerprint density at radius 1 is 1.31 bits per heavy atom. The third-order valence-corrected chi connectivity index (χ3v) is 2.81. The summed E-state index contributed by atoms with van der Waals surface area (Å²) in [4.78, 5) is 8.21. The molecule has 0 saturated carbocycles. The molecule has 0 aliphatic heterocycles. The van der Waals surface area contributed by atoms with Crippen LogP contribution in [0.2, 0.25) is 0 Å².